The highest BCUT2D eigenvalue weighted by atomic mass is 32.2. The van der Waals surface area contributed by atoms with Gasteiger partial charge in [0.05, 0.1) is 24.2 Å². The predicted octanol–water partition coefficient (Wildman–Crippen LogP) is 1.23. The van der Waals surface area contributed by atoms with E-state index in [1.54, 1.807) is 6.08 Å². The maximum Gasteiger partial charge on any atom is 0.366 e. The highest BCUT2D eigenvalue weighted by Crippen LogP contribution is 2.38. The molecule has 0 bridgehead atoms. The van der Waals surface area contributed by atoms with Gasteiger partial charge in [0.25, 0.3) is 0 Å². The van der Waals surface area contributed by atoms with Gasteiger partial charge < -0.3 is 9.08 Å². The fourth-order valence-electron chi connectivity index (χ4n) is 2.01. The highest BCUT2D eigenvalue weighted by molar-refractivity contribution is 7.95. The van der Waals surface area contributed by atoms with E-state index in [1.807, 2.05) is 13.0 Å². The lowest BCUT2D eigenvalue weighted by atomic mass is 9.94. The van der Waals surface area contributed by atoms with E-state index < -0.39 is 5.97 Å². The van der Waals surface area contributed by atoms with Crippen molar-refractivity contribution in [2.24, 2.45) is 5.92 Å². The summed E-state index contributed by atoms with van der Waals surface area (Å²) >= 11 is 0.952. The third kappa shape index (κ3) is 2.15. The smallest absolute Gasteiger partial charge is 0.366 e. The maximum absolute atomic E-state index is 11.7. The number of hydrogen-bond donors (Lipinski definition) is 0. The molecule has 5 nitrogen and oxygen atoms in total. The van der Waals surface area contributed by atoms with Gasteiger partial charge in [0.2, 0.25) is 5.91 Å². The first-order chi connectivity index (χ1) is 8.15. The molecule has 0 aliphatic carbocycles. The zero-order valence-corrected chi connectivity index (χ0v) is 10.2. The van der Waals surface area contributed by atoms with Crippen molar-refractivity contribution in [1.82, 2.24) is 4.90 Å². The number of fused-ring (bicyclic) bond motifs is 1. The topological polar surface area (TPSA) is 70.4 Å². The number of nitrogens with zero attached hydrogens (tertiary/aromatic N) is 2. The second-order valence-electron chi connectivity index (χ2n) is 4.05. The summed E-state index contributed by atoms with van der Waals surface area (Å²) in [5, 5.41) is 8.33. The Balaban J connectivity index is 1.89. The van der Waals surface area contributed by atoms with Gasteiger partial charge in [-0.3, -0.25) is 4.79 Å². The number of β-lactam (4-membered cyclic amide) rings is 1. The number of rotatable bonds is 4. The van der Waals surface area contributed by atoms with Crippen LogP contribution in [-0.4, -0.2) is 28.6 Å². The molecule has 2 atom stereocenters. The Hall–Kier alpha value is -1.48. The first-order valence-corrected chi connectivity index (χ1v) is 6.31. The Bertz CT molecular complexity index is 427. The molecule has 1 unspecified atom stereocenters. The van der Waals surface area contributed by atoms with E-state index in [-0.39, 0.29) is 17.9 Å². The van der Waals surface area contributed by atoms with Gasteiger partial charge in [0.1, 0.15) is 5.70 Å². The average molecular weight is 252 g/mol. The van der Waals surface area contributed by atoms with Gasteiger partial charge in [-0.05, 0) is 12.0 Å². The largest absolute Gasteiger partial charge is 0.387 e. The summed E-state index contributed by atoms with van der Waals surface area (Å²) in [6.07, 6.45) is 2.62. The molecule has 2 aliphatic rings. The second kappa shape index (κ2) is 4.80. The lowest BCUT2D eigenvalue weighted by molar-refractivity contribution is -0.147. The van der Waals surface area contributed by atoms with Crippen LogP contribution >= 0.6 is 12.0 Å². The maximum atomic E-state index is 11.7. The van der Waals surface area contributed by atoms with Crippen molar-refractivity contribution >= 4 is 23.9 Å². The minimum absolute atomic E-state index is 0.0235. The number of carbonyl (C=O) groups excluding carboxylic acids is 2. The third-order valence-corrected chi connectivity index (χ3v) is 3.55. The van der Waals surface area contributed by atoms with Crippen LogP contribution in [0.15, 0.2) is 11.8 Å². The van der Waals surface area contributed by atoms with Crippen LogP contribution in [0, 0.1) is 17.2 Å². The van der Waals surface area contributed by atoms with Crippen LogP contribution in [0.25, 0.3) is 0 Å². The van der Waals surface area contributed by atoms with Crippen LogP contribution in [0.3, 0.4) is 0 Å². The Morgan fingerprint density at radius 1 is 1.76 bits per heavy atom. The van der Waals surface area contributed by atoms with Crippen LogP contribution in [-0.2, 0) is 13.8 Å². The Kier molecular flexibility index (Phi) is 3.38. The van der Waals surface area contributed by atoms with Crippen molar-refractivity contribution in [3.63, 3.8) is 0 Å². The average Bonchev–Trinajstić information content (AvgIpc) is 2.56. The molecule has 0 radical (unpaired) electrons. The quantitative estimate of drug-likeness (QED) is 0.427. The minimum atomic E-state index is -0.490. The van der Waals surface area contributed by atoms with Crippen LogP contribution in [0.4, 0.5) is 0 Å². The summed E-state index contributed by atoms with van der Waals surface area (Å²) in [5.74, 6) is 0.141. The molecular weight excluding hydrogens is 240 g/mol. The summed E-state index contributed by atoms with van der Waals surface area (Å²) in [6, 6.07) is 2.09. The monoisotopic (exact) mass is 252 g/mol. The van der Waals surface area contributed by atoms with Crippen LogP contribution < -0.4 is 0 Å². The Labute approximate surface area is 104 Å². The first kappa shape index (κ1) is 12.0. The zero-order chi connectivity index (χ0) is 12.4. The van der Waals surface area contributed by atoms with Crippen LogP contribution in [0.1, 0.15) is 19.8 Å². The van der Waals surface area contributed by atoms with Crippen molar-refractivity contribution in [2.45, 2.75) is 25.8 Å². The lowest BCUT2D eigenvalue weighted by Crippen LogP contribution is -2.51. The standard InChI is InChI=1S/C11H12N2O3S/c1-7-5-9(13-8(7)6-10(13)14)11(15)16-17-4-2-3-12/h5,7-8H,2,4,6H2,1H3/t7-,8?/m1/s1. The molecule has 0 aromatic heterocycles. The van der Waals surface area contributed by atoms with Crippen molar-refractivity contribution in [3.8, 4) is 6.07 Å². The molecule has 17 heavy (non-hydrogen) atoms. The normalized spacial score (nSPS) is 25.8. The Morgan fingerprint density at radius 2 is 2.53 bits per heavy atom. The molecule has 0 aromatic carbocycles. The van der Waals surface area contributed by atoms with Crippen LogP contribution in [0.5, 0.6) is 0 Å². The molecule has 0 aromatic rings. The van der Waals surface area contributed by atoms with Gasteiger partial charge in [-0.15, -0.1) is 0 Å². The molecular formula is C11H12N2O3S. The zero-order valence-electron chi connectivity index (χ0n) is 9.38. The van der Waals surface area contributed by atoms with E-state index in [2.05, 4.69) is 0 Å². The molecule has 0 saturated carbocycles. The molecule has 90 valence electrons. The van der Waals surface area contributed by atoms with E-state index in [1.165, 1.54) is 4.90 Å². The molecule has 1 fully saturated rings. The van der Waals surface area contributed by atoms with E-state index in [0.717, 1.165) is 12.0 Å². The SMILES string of the molecule is C[C@@H]1C=C(C(=O)OSCCC#N)N2C(=O)CC12. The van der Waals surface area contributed by atoms with Gasteiger partial charge >= 0.3 is 5.97 Å². The van der Waals surface area contributed by atoms with Crippen molar-refractivity contribution in [1.29, 1.82) is 5.26 Å². The van der Waals surface area contributed by atoms with E-state index in [9.17, 15) is 9.59 Å². The second-order valence-corrected chi connectivity index (χ2v) is 4.86. The summed E-state index contributed by atoms with van der Waals surface area (Å²) in [4.78, 5) is 24.6. The predicted molar refractivity (Wildman–Crippen MR) is 61.3 cm³/mol. The summed E-state index contributed by atoms with van der Waals surface area (Å²) in [5.41, 5.74) is 0.350. The number of hydrogen-bond acceptors (Lipinski definition) is 5. The minimum Gasteiger partial charge on any atom is -0.387 e. The van der Waals surface area contributed by atoms with E-state index >= 15 is 0 Å². The van der Waals surface area contributed by atoms with Gasteiger partial charge in [-0.25, -0.2) is 4.79 Å². The Morgan fingerprint density at radius 3 is 3.18 bits per heavy atom. The van der Waals surface area contributed by atoms with Gasteiger partial charge in [-0.1, -0.05) is 6.92 Å². The van der Waals surface area contributed by atoms with Crippen molar-refractivity contribution in [2.75, 3.05) is 5.75 Å². The summed E-state index contributed by atoms with van der Waals surface area (Å²) < 4.78 is 4.94. The van der Waals surface area contributed by atoms with Gasteiger partial charge in [0.15, 0.2) is 0 Å². The molecule has 0 N–H and O–H groups in total. The summed E-state index contributed by atoms with van der Waals surface area (Å²) in [6.45, 7) is 1.98. The van der Waals surface area contributed by atoms with Crippen molar-refractivity contribution < 1.29 is 13.8 Å². The van der Waals surface area contributed by atoms with Gasteiger partial charge in [0, 0.05) is 18.6 Å². The van der Waals surface area contributed by atoms with Crippen molar-refractivity contribution in [3.05, 3.63) is 11.8 Å². The molecule has 1 saturated heterocycles. The lowest BCUT2D eigenvalue weighted by Gasteiger charge is -2.37. The van der Waals surface area contributed by atoms with E-state index in [0.29, 0.717) is 24.3 Å². The molecule has 1 amide bonds. The third-order valence-electron chi connectivity index (χ3n) is 2.91. The van der Waals surface area contributed by atoms with E-state index in [4.69, 9.17) is 9.44 Å². The first-order valence-electron chi connectivity index (χ1n) is 5.39. The fraction of sp³-hybridized carbons (Fsp3) is 0.545. The molecule has 2 aliphatic heterocycles. The highest BCUT2D eigenvalue weighted by Gasteiger charge is 2.48. The molecule has 2 rings (SSSR count). The van der Waals surface area contributed by atoms with Gasteiger partial charge in [-0.2, -0.15) is 5.26 Å². The molecule has 0 spiro atoms. The number of nitriles is 1. The molecule has 2 heterocycles. The van der Waals surface area contributed by atoms with Crippen LogP contribution in [0.2, 0.25) is 0 Å². The fourth-order valence-corrected chi connectivity index (χ4v) is 2.46. The molecule has 6 heteroatoms. The number of carbonyl (C=O) groups is 2. The number of amides is 1. The summed E-state index contributed by atoms with van der Waals surface area (Å²) in [7, 11) is 0.